The minimum Gasteiger partial charge on any atom is -0.481 e. The van der Waals surface area contributed by atoms with E-state index in [9.17, 15) is 18.0 Å². The van der Waals surface area contributed by atoms with Crippen molar-refractivity contribution in [1.82, 2.24) is 9.62 Å². The first-order valence-corrected chi connectivity index (χ1v) is 9.16. The number of carbonyl (C=O) groups is 2. The van der Waals surface area contributed by atoms with E-state index in [2.05, 4.69) is 4.72 Å². The van der Waals surface area contributed by atoms with Crippen LogP contribution in [0.15, 0.2) is 0 Å². The molecule has 120 valence electrons. The molecule has 1 saturated heterocycles. The highest BCUT2D eigenvalue weighted by atomic mass is 32.2. The molecular formula is C13H22N2O5S. The third-order valence-electron chi connectivity index (χ3n) is 4.18. The summed E-state index contributed by atoms with van der Waals surface area (Å²) >= 11 is 0. The molecule has 0 aromatic rings. The number of carbonyl (C=O) groups excluding carboxylic acids is 1. The molecule has 1 aliphatic heterocycles. The summed E-state index contributed by atoms with van der Waals surface area (Å²) in [6.07, 6.45) is 4.90. The van der Waals surface area contributed by atoms with Gasteiger partial charge in [-0.2, -0.15) is 0 Å². The number of hydrogen-bond donors (Lipinski definition) is 2. The van der Waals surface area contributed by atoms with Crippen LogP contribution in [0.25, 0.3) is 0 Å². The fourth-order valence-corrected chi connectivity index (χ4v) is 3.44. The van der Waals surface area contributed by atoms with Crippen molar-refractivity contribution in [2.45, 2.75) is 38.1 Å². The Kier molecular flexibility index (Phi) is 4.88. The van der Waals surface area contributed by atoms with Crippen molar-refractivity contribution in [2.24, 2.45) is 11.8 Å². The highest BCUT2D eigenvalue weighted by Crippen LogP contribution is 2.41. The normalized spacial score (nSPS) is 29.2. The standard InChI is InChI=1S/C13H22N2O5S/c1-21(19,20)14-6-5-9-4-2-3-7-15(9)12(16)10-8-11(10)13(17)18/h9-11,14H,2-8H2,1H3,(H,17,18). The van der Waals surface area contributed by atoms with Gasteiger partial charge < -0.3 is 10.0 Å². The van der Waals surface area contributed by atoms with Crippen molar-refractivity contribution in [3.05, 3.63) is 0 Å². The van der Waals surface area contributed by atoms with E-state index in [1.54, 1.807) is 4.90 Å². The van der Waals surface area contributed by atoms with Gasteiger partial charge in [0, 0.05) is 19.1 Å². The third-order valence-corrected chi connectivity index (χ3v) is 4.91. The summed E-state index contributed by atoms with van der Waals surface area (Å²) in [6, 6.07) is 0.00976. The second kappa shape index (κ2) is 6.31. The van der Waals surface area contributed by atoms with Crippen LogP contribution in [0.4, 0.5) is 0 Å². The van der Waals surface area contributed by atoms with Crippen LogP contribution >= 0.6 is 0 Å². The minimum atomic E-state index is -3.22. The Labute approximate surface area is 124 Å². The maximum absolute atomic E-state index is 12.4. The number of carboxylic acids is 1. The van der Waals surface area contributed by atoms with Gasteiger partial charge in [-0.05, 0) is 32.1 Å². The van der Waals surface area contributed by atoms with Crippen LogP contribution in [0.3, 0.4) is 0 Å². The summed E-state index contributed by atoms with van der Waals surface area (Å²) in [5.74, 6) is -1.90. The van der Waals surface area contributed by atoms with Crippen molar-refractivity contribution in [3.63, 3.8) is 0 Å². The Morgan fingerprint density at radius 1 is 1.29 bits per heavy atom. The van der Waals surface area contributed by atoms with Crippen molar-refractivity contribution < 1.29 is 23.1 Å². The SMILES string of the molecule is CS(=O)(=O)NCCC1CCCCN1C(=O)C1CC1C(=O)O. The van der Waals surface area contributed by atoms with Crippen molar-refractivity contribution in [2.75, 3.05) is 19.3 Å². The number of sulfonamides is 1. The van der Waals surface area contributed by atoms with E-state index in [1.165, 1.54) is 0 Å². The Hall–Kier alpha value is -1.15. The Balaban J connectivity index is 1.90. The predicted molar refractivity (Wildman–Crippen MR) is 76.0 cm³/mol. The number of nitrogens with one attached hydrogen (secondary N) is 1. The Morgan fingerprint density at radius 2 is 2.00 bits per heavy atom. The zero-order valence-corrected chi connectivity index (χ0v) is 12.9. The van der Waals surface area contributed by atoms with E-state index in [1.807, 2.05) is 0 Å². The number of aliphatic carboxylic acids is 1. The van der Waals surface area contributed by atoms with Crippen LogP contribution in [0, 0.1) is 11.8 Å². The zero-order valence-electron chi connectivity index (χ0n) is 12.1. The third kappa shape index (κ3) is 4.41. The molecule has 1 aliphatic carbocycles. The number of nitrogens with zero attached hydrogens (tertiary/aromatic N) is 1. The molecule has 2 rings (SSSR count). The minimum absolute atomic E-state index is 0.00976. The molecule has 2 aliphatic rings. The molecule has 2 fully saturated rings. The maximum Gasteiger partial charge on any atom is 0.307 e. The maximum atomic E-state index is 12.4. The first-order chi connectivity index (χ1) is 9.79. The smallest absolute Gasteiger partial charge is 0.307 e. The predicted octanol–water partition coefficient (Wildman–Crippen LogP) is 0.0275. The number of amides is 1. The Morgan fingerprint density at radius 3 is 2.57 bits per heavy atom. The van der Waals surface area contributed by atoms with Gasteiger partial charge in [0.25, 0.3) is 0 Å². The first-order valence-electron chi connectivity index (χ1n) is 7.27. The Bertz CT molecular complexity index is 519. The van der Waals surface area contributed by atoms with E-state index >= 15 is 0 Å². The lowest BCUT2D eigenvalue weighted by Gasteiger charge is -2.36. The molecule has 3 unspecified atom stereocenters. The first kappa shape index (κ1) is 16.2. The van der Waals surface area contributed by atoms with E-state index in [0.29, 0.717) is 25.9 Å². The fraction of sp³-hybridized carbons (Fsp3) is 0.846. The summed E-state index contributed by atoms with van der Waals surface area (Å²) in [4.78, 5) is 25.0. The quantitative estimate of drug-likeness (QED) is 0.719. The molecule has 8 heteroatoms. The molecule has 2 N–H and O–H groups in total. The van der Waals surface area contributed by atoms with Crippen molar-refractivity contribution in [1.29, 1.82) is 0 Å². The van der Waals surface area contributed by atoms with Gasteiger partial charge in [0.05, 0.1) is 18.1 Å². The molecule has 0 spiro atoms. The number of carboxylic acid groups (broad SMARTS) is 1. The van der Waals surface area contributed by atoms with Gasteiger partial charge in [0.2, 0.25) is 15.9 Å². The molecule has 0 radical (unpaired) electrons. The van der Waals surface area contributed by atoms with Gasteiger partial charge in [-0.25, -0.2) is 13.1 Å². The lowest BCUT2D eigenvalue weighted by atomic mass is 9.98. The molecule has 0 aromatic carbocycles. The van der Waals surface area contributed by atoms with E-state index in [-0.39, 0.29) is 17.9 Å². The molecular weight excluding hydrogens is 296 g/mol. The van der Waals surface area contributed by atoms with Gasteiger partial charge in [-0.1, -0.05) is 0 Å². The lowest BCUT2D eigenvalue weighted by Crippen LogP contribution is -2.46. The van der Waals surface area contributed by atoms with E-state index in [4.69, 9.17) is 5.11 Å². The van der Waals surface area contributed by atoms with Crippen LogP contribution in [0.2, 0.25) is 0 Å². The molecule has 1 amide bonds. The highest BCUT2D eigenvalue weighted by molar-refractivity contribution is 7.88. The topological polar surface area (TPSA) is 104 Å². The summed E-state index contributed by atoms with van der Waals surface area (Å²) in [5, 5.41) is 8.92. The van der Waals surface area contributed by atoms with E-state index in [0.717, 1.165) is 25.5 Å². The molecule has 0 bridgehead atoms. The molecule has 1 saturated carbocycles. The van der Waals surface area contributed by atoms with Gasteiger partial charge in [0.15, 0.2) is 0 Å². The number of hydrogen-bond acceptors (Lipinski definition) is 4. The second-order valence-electron chi connectivity index (χ2n) is 5.92. The van der Waals surface area contributed by atoms with Gasteiger partial charge in [-0.15, -0.1) is 0 Å². The van der Waals surface area contributed by atoms with Crippen LogP contribution in [-0.2, 0) is 19.6 Å². The molecule has 1 heterocycles. The molecule has 21 heavy (non-hydrogen) atoms. The van der Waals surface area contributed by atoms with E-state index < -0.39 is 21.9 Å². The largest absolute Gasteiger partial charge is 0.481 e. The summed E-state index contributed by atoms with van der Waals surface area (Å²) < 4.78 is 24.6. The summed E-state index contributed by atoms with van der Waals surface area (Å²) in [6.45, 7) is 0.950. The summed E-state index contributed by atoms with van der Waals surface area (Å²) in [7, 11) is -3.22. The van der Waals surface area contributed by atoms with Gasteiger partial charge in [0.1, 0.15) is 0 Å². The van der Waals surface area contributed by atoms with Gasteiger partial charge in [-0.3, -0.25) is 9.59 Å². The van der Waals surface area contributed by atoms with Crippen LogP contribution in [0.5, 0.6) is 0 Å². The van der Waals surface area contributed by atoms with Crippen LogP contribution < -0.4 is 4.72 Å². The fourth-order valence-electron chi connectivity index (χ4n) is 2.96. The van der Waals surface area contributed by atoms with Crippen molar-refractivity contribution in [3.8, 4) is 0 Å². The highest BCUT2D eigenvalue weighted by Gasteiger charge is 2.50. The van der Waals surface area contributed by atoms with Crippen LogP contribution in [-0.4, -0.2) is 55.7 Å². The number of piperidine rings is 1. The lowest BCUT2D eigenvalue weighted by molar-refractivity contribution is -0.143. The monoisotopic (exact) mass is 318 g/mol. The average Bonchev–Trinajstić information content (AvgIpc) is 3.17. The summed E-state index contributed by atoms with van der Waals surface area (Å²) in [5.41, 5.74) is 0. The average molecular weight is 318 g/mol. The number of likely N-dealkylation sites (tertiary alicyclic amines) is 1. The van der Waals surface area contributed by atoms with Crippen LogP contribution in [0.1, 0.15) is 32.1 Å². The van der Waals surface area contributed by atoms with Gasteiger partial charge >= 0.3 is 5.97 Å². The molecule has 7 nitrogen and oxygen atoms in total. The zero-order chi connectivity index (χ0) is 15.6. The molecule has 3 atom stereocenters. The molecule has 0 aromatic heterocycles. The second-order valence-corrected chi connectivity index (χ2v) is 7.76. The number of rotatable bonds is 6. The van der Waals surface area contributed by atoms with Crippen molar-refractivity contribution >= 4 is 21.9 Å².